The Morgan fingerprint density at radius 2 is 2.11 bits per heavy atom. The van der Waals surface area contributed by atoms with Gasteiger partial charge in [-0.15, -0.1) is 5.10 Å². The van der Waals surface area contributed by atoms with Crippen LogP contribution < -0.4 is 5.32 Å². The first-order valence-electron chi connectivity index (χ1n) is 5.73. The van der Waals surface area contributed by atoms with Crippen molar-refractivity contribution in [1.82, 2.24) is 20.3 Å². The Kier molecular flexibility index (Phi) is 4.69. The summed E-state index contributed by atoms with van der Waals surface area (Å²) in [5.41, 5.74) is 1.90. The molecule has 0 amide bonds. The van der Waals surface area contributed by atoms with Gasteiger partial charge in [0.15, 0.2) is 0 Å². The maximum atomic E-state index is 8.77. The normalized spacial score (nSPS) is 10.8. The summed E-state index contributed by atoms with van der Waals surface area (Å²) in [5.74, 6) is 0. The topological polar surface area (TPSA) is 63.0 Å². The van der Waals surface area contributed by atoms with Gasteiger partial charge in [0.05, 0.1) is 18.8 Å². The van der Waals surface area contributed by atoms with Crippen molar-refractivity contribution in [3.63, 3.8) is 0 Å². The van der Waals surface area contributed by atoms with E-state index in [1.165, 1.54) is 0 Å². The molecule has 2 N–H and O–H groups in total. The fourth-order valence-corrected chi connectivity index (χ4v) is 1.80. The Morgan fingerprint density at radius 3 is 2.89 bits per heavy atom. The van der Waals surface area contributed by atoms with Crippen molar-refractivity contribution in [3.05, 3.63) is 46.7 Å². The molecule has 0 saturated carbocycles. The Hall–Kier alpha value is -1.43. The van der Waals surface area contributed by atoms with Crippen molar-refractivity contribution in [2.24, 2.45) is 0 Å². The van der Waals surface area contributed by atoms with E-state index in [9.17, 15) is 0 Å². The lowest BCUT2D eigenvalue weighted by molar-refractivity contribution is 0.268. The molecule has 6 heteroatoms. The number of halogens is 1. The standard InChI is InChI=1S/C12H15ClN4O/c13-12-4-2-1-3-10(12)7-14-8-11-9-17(5-6-18)16-15-11/h1-4,9,14,18H,5-8H2. The van der Waals surface area contributed by atoms with Gasteiger partial charge < -0.3 is 10.4 Å². The fourth-order valence-electron chi connectivity index (χ4n) is 1.60. The predicted octanol–water partition coefficient (Wildman–Crippen LogP) is 1.21. The highest BCUT2D eigenvalue weighted by molar-refractivity contribution is 6.31. The van der Waals surface area contributed by atoms with E-state index < -0.39 is 0 Å². The number of aliphatic hydroxyl groups is 1. The van der Waals surface area contributed by atoms with Crippen LogP contribution in [0.15, 0.2) is 30.5 Å². The second kappa shape index (κ2) is 6.49. The third kappa shape index (κ3) is 3.53. The van der Waals surface area contributed by atoms with Crippen LogP contribution in [-0.4, -0.2) is 26.7 Å². The first kappa shape index (κ1) is 13.0. The Morgan fingerprint density at radius 1 is 1.28 bits per heavy atom. The number of aromatic nitrogens is 3. The van der Waals surface area contributed by atoms with Gasteiger partial charge in [-0.1, -0.05) is 35.0 Å². The van der Waals surface area contributed by atoms with Gasteiger partial charge in [0, 0.05) is 24.3 Å². The molecule has 5 nitrogen and oxygen atoms in total. The van der Waals surface area contributed by atoms with E-state index in [4.69, 9.17) is 16.7 Å². The number of hydrogen-bond acceptors (Lipinski definition) is 4. The summed E-state index contributed by atoms with van der Waals surface area (Å²) in [6, 6.07) is 7.72. The van der Waals surface area contributed by atoms with Crippen LogP contribution in [0.3, 0.4) is 0 Å². The van der Waals surface area contributed by atoms with Gasteiger partial charge in [0.25, 0.3) is 0 Å². The van der Waals surface area contributed by atoms with Crippen LogP contribution in [0.25, 0.3) is 0 Å². The van der Waals surface area contributed by atoms with E-state index in [0.29, 0.717) is 19.6 Å². The molecular formula is C12H15ClN4O. The molecule has 1 heterocycles. The number of nitrogens with one attached hydrogen (secondary N) is 1. The molecule has 0 atom stereocenters. The molecule has 2 aromatic rings. The summed E-state index contributed by atoms with van der Waals surface area (Å²) >= 11 is 6.05. The fraction of sp³-hybridized carbons (Fsp3) is 0.333. The largest absolute Gasteiger partial charge is 0.394 e. The van der Waals surface area contributed by atoms with Gasteiger partial charge in [-0.25, -0.2) is 4.68 Å². The number of nitrogens with zero attached hydrogens (tertiary/aromatic N) is 3. The molecule has 0 fully saturated rings. The Bertz CT molecular complexity index is 500. The molecule has 0 aliphatic carbocycles. The van der Waals surface area contributed by atoms with Crippen LogP contribution in [0.1, 0.15) is 11.3 Å². The van der Waals surface area contributed by atoms with Crippen LogP contribution in [0.4, 0.5) is 0 Å². The number of benzene rings is 1. The molecule has 96 valence electrons. The summed E-state index contributed by atoms with van der Waals surface area (Å²) in [5, 5.41) is 20.7. The van der Waals surface area contributed by atoms with Gasteiger partial charge in [0.1, 0.15) is 0 Å². The molecule has 0 radical (unpaired) electrons. The third-order valence-corrected chi connectivity index (χ3v) is 2.86. The van der Waals surface area contributed by atoms with Crippen molar-refractivity contribution in [2.75, 3.05) is 6.61 Å². The average molecular weight is 267 g/mol. The van der Waals surface area contributed by atoms with E-state index in [1.807, 2.05) is 30.5 Å². The van der Waals surface area contributed by atoms with Crippen LogP contribution in [-0.2, 0) is 19.6 Å². The Labute approximate surface area is 110 Å². The highest BCUT2D eigenvalue weighted by Crippen LogP contribution is 2.14. The van der Waals surface area contributed by atoms with Crippen LogP contribution in [0.5, 0.6) is 0 Å². The quantitative estimate of drug-likeness (QED) is 0.825. The molecule has 0 aliphatic heterocycles. The zero-order chi connectivity index (χ0) is 12.8. The van der Waals surface area contributed by atoms with Crippen molar-refractivity contribution in [3.8, 4) is 0 Å². The monoisotopic (exact) mass is 266 g/mol. The maximum absolute atomic E-state index is 8.77. The minimum atomic E-state index is 0.0653. The molecule has 2 rings (SSSR count). The summed E-state index contributed by atoms with van der Waals surface area (Å²) in [6.07, 6.45) is 1.82. The molecule has 0 bridgehead atoms. The zero-order valence-corrected chi connectivity index (χ0v) is 10.6. The molecular weight excluding hydrogens is 252 g/mol. The number of hydrogen-bond donors (Lipinski definition) is 2. The lowest BCUT2D eigenvalue weighted by atomic mass is 10.2. The predicted molar refractivity (Wildman–Crippen MR) is 69.1 cm³/mol. The van der Waals surface area contributed by atoms with E-state index in [-0.39, 0.29) is 6.61 Å². The second-order valence-electron chi connectivity index (χ2n) is 3.89. The molecule has 1 aromatic heterocycles. The van der Waals surface area contributed by atoms with Crippen LogP contribution in [0, 0.1) is 0 Å². The minimum Gasteiger partial charge on any atom is -0.394 e. The third-order valence-electron chi connectivity index (χ3n) is 2.49. The molecule has 0 unspecified atom stereocenters. The van der Waals surface area contributed by atoms with Crippen molar-refractivity contribution >= 4 is 11.6 Å². The highest BCUT2D eigenvalue weighted by Gasteiger charge is 2.01. The minimum absolute atomic E-state index is 0.0653. The highest BCUT2D eigenvalue weighted by atomic mass is 35.5. The van der Waals surface area contributed by atoms with Crippen molar-refractivity contribution < 1.29 is 5.11 Å². The number of aliphatic hydroxyl groups excluding tert-OH is 1. The lowest BCUT2D eigenvalue weighted by Crippen LogP contribution is -2.13. The SMILES string of the molecule is OCCn1cc(CNCc2ccccc2Cl)nn1. The smallest absolute Gasteiger partial charge is 0.0964 e. The van der Waals surface area contributed by atoms with Gasteiger partial charge in [-0.2, -0.15) is 0 Å². The van der Waals surface area contributed by atoms with Crippen LogP contribution >= 0.6 is 11.6 Å². The zero-order valence-electron chi connectivity index (χ0n) is 9.88. The van der Waals surface area contributed by atoms with Gasteiger partial charge in [-0.3, -0.25) is 0 Å². The van der Waals surface area contributed by atoms with Crippen LogP contribution in [0.2, 0.25) is 5.02 Å². The maximum Gasteiger partial charge on any atom is 0.0964 e. The average Bonchev–Trinajstić information content (AvgIpc) is 2.80. The molecule has 0 saturated heterocycles. The van der Waals surface area contributed by atoms with E-state index >= 15 is 0 Å². The Balaban J connectivity index is 1.83. The lowest BCUT2D eigenvalue weighted by Gasteiger charge is -2.04. The summed E-state index contributed by atoms with van der Waals surface area (Å²) < 4.78 is 1.62. The molecule has 0 spiro atoms. The van der Waals surface area contributed by atoms with E-state index in [1.54, 1.807) is 4.68 Å². The van der Waals surface area contributed by atoms with Gasteiger partial charge in [0.2, 0.25) is 0 Å². The van der Waals surface area contributed by atoms with Crippen molar-refractivity contribution in [2.45, 2.75) is 19.6 Å². The summed E-state index contributed by atoms with van der Waals surface area (Å²) in [6.45, 7) is 1.84. The van der Waals surface area contributed by atoms with E-state index in [2.05, 4.69) is 15.6 Å². The molecule has 18 heavy (non-hydrogen) atoms. The van der Waals surface area contributed by atoms with Gasteiger partial charge >= 0.3 is 0 Å². The summed E-state index contributed by atoms with van der Waals surface area (Å²) in [7, 11) is 0. The first-order chi connectivity index (χ1) is 8.79. The molecule has 1 aromatic carbocycles. The number of rotatable bonds is 6. The van der Waals surface area contributed by atoms with E-state index in [0.717, 1.165) is 16.3 Å². The second-order valence-corrected chi connectivity index (χ2v) is 4.30. The summed E-state index contributed by atoms with van der Waals surface area (Å²) in [4.78, 5) is 0. The van der Waals surface area contributed by atoms with Gasteiger partial charge in [-0.05, 0) is 11.6 Å². The van der Waals surface area contributed by atoms with Crippen molar-refractivity contribution in [1.29, 1.82) is 0 Å². The molecule has 0 aliphatic rings. The first-order valence-corrected chi connectivity index (χ1v) is 6.11.